The van der Waals surface area contributed by atoms with Crippen LogP contribution in [0.5, 0.6) is 0 Å². The van der Waals surface area contributed by atoms with Gasteiger partial charge in [0.25, 0.3) is 5.91 Å². The zero-order valence-electron chi connectivity index (χ0n) is 10.3. The van der Waals surface area contributed by atoms with E-state index in [0.717, 1.165) is 17.5 Å². The van der Waals surface area contributed by atoms with Crippen molar-refractivity contribution in [2.45, 2.75) is 13.0 Å². The minimum absolute atomic E-state index is 0.0365. The highest BCUT2D eigenvalue weighted by Crippen LogP contribution is 2.25. The largest absolute Gasteiger partial charge is 0.334 e. The van der Waals surface area contributed by atoms with Crippen LogP contribution in [0.15, 0.2) is 42.6 Å². The van der Waals surface area contributed by atoms with Gasteiger partial charge in [0.1, 0.15) is 5.15 Å². The molecule has 0 saturated heterocycles. The van der Waals surface area contributed by atoms with Crippen molar-refractivity contribution in [3.8, 4) is 0 Å². The van der Waals surface area contributed by atoms with Gasteiger partial charge in [0.2, 0.25) is 0 Å². The van der Waals surface area contributed by atoms with Crippen LogP contribution >= 0.6 is 11.6 Å². The molecule has 4 heteroatoms. The van der Waals surface area contributed by atoms with Crippen molar-refractivity contribution < 1.29 is 4.79 Å². The first-order chi connectivity index (χ1) is 9.25. The lowest BCUT2D eigenvalue weighted by molar-refractivity contribution is 0.0726. The number of nitrogens with zero attached hydrogens (tertiary/aromatic N) is 2. The zero-order chi connectivity index (χ0) is 13.2. The number of aromatic nitrogens is 1. The maximum Gasteiger partial charge on any atom is 0.254 e. The maximum absolute atomic E-state index is 12.4. The molecule has 0 fully saturated rings. The van der Waals surface area contributed by atoms with Crippen LogP contribution in [0.2, 0.25) is 5.15 Å². The Morgan fingerprint density at radius 3 is 2.79 bits per heavy atom. The SMILES string of the molecule is O=C1c2ccnc(Cl)c2CCN1Cc1ccccc1. The Morgan fingerprint density at radius 2 is 2.00 bits per heavy atom. The predicted molar refractivity (Wildman–Crippen MR) is 74.1 cm³/mol. The van der Waals surface area contributed by atoms with Gasteiger partial charge in [-0.05, 0) is 18.1 Å². The van der Waals surface area contributed by atoms with Gasteiger partial charge < -0.3 is 4.90 Å². The summed E-state index contributed by atoms with van der Waals surface area (Å²) in [5.41, 5.74) is 2.69. The third-order valence-corrected chi connectivity index (χ3v) is 3.69. The summed E-state index contributed by atoms with van der Waals surface area (Å²) in [6, 6.07) is 11.8. The Morgan fingerprint density at radius 1 is 1.21 bits per heavy atom. The Hall–Kier alpha value is -1.87. The number of halogens is 1. The number of benzene rings is 1. The monoisotopic (exact) mass is 272 g/mol. The lowest BCUT2D eigenvalue weighted by atomic mass is 10.0. The summed E-state index contributed by atoms with van der Waals surface area (Å²) < 4.78 is 0. The van der Waals surface area contributed by atoms with Gasteiger partial charge in [-0.1, -0.05) is 41.9 Å². The van der Waals surface area contributed by atoms with Gasteiger partial charge in [0.05, 0.1) is 0 Å². The summed E-state index contributed by atoms with van der Waals surface area (Å²) in [6.45, 7) is 1.32. The first kappa shape index (κ1) is 12.2. The van der Waals surface area contributed by atoms with E-state index in [1.54, 1.807) is 12.3 Å². The van der Waals surface area contributed by atoms with E-state index in [1.165, 1.54) is 0 Å². The molecule has 1 aliphatic heterocycles. The predicted octanol–water partition coefficient (Wildman–Crippen LogP) is 2.93. The van der Waals surface area contributed by atoms with Crippen LogP contribution in [0.1, 0.15) is 21.5 Å². The molecule has 0 unspecified atom stereocenters. The summed E-state index contributed by atoms with van der Waals surface area (Å²) in [5.74, 6) is 0.0365. The van der Waals surface area contributed by atoms with Gasteiger partial charge in [-0.25, -0.2) is 4.98 Å². The van der Waals surface area contributed by atoms with E-state index in [4.69, 9.17) is 11.6 Å². The molecule has 1 amide bonds. The van der Waals surface area contributed by atoms with Gasteiger partial charge in [-0.2, -0.15) is 0 Å². The number of hydrogen-bond acceptors (Lipinski definition) is 2. The fourth-order valence-corrected chi connectivity index (χ4v) is 2.63. The number of pyridine rings is 1. The molecule has 0 N–H and O–H groups in total. The highest BCUT2D eigenvalue weighted by molar-refractivity contribution is 6.30. The molecule has 1 aromatic heterocycles. The van der Waals surface area contributed by atoms with E-state index in [2.05, 4.69) is 4.98 Å². The summed E-state index contributed by atoms with van der Waals surface area (Å²) in [4.78, 5) is 18.3. The molecule has 0 bridgehead atoms. The lowest BCUT2D eigenvalue weighted by Crippen LogP contribution is -2.37. The molecule has 0 radical (unpaired) electrons. The summed E-state index contributed by atoms with van der Waals surface area (Å²) in [6.07, 6.45) is 2.35. The molecule has 0 atom stereocenters. The van der Waals surface area contributed by atoms with Gasteiger partial charge in [-0.15, -0.1) is 0 Å². The van der Waals surface area contributed by atoms with E-state index in [9.17, 15) is 4.79 Å². The number of rotatable bonds is 2. The van der Waals surface area contributed by atoms with E-state index in [-0.39, 0.29) is 5.91 Å². The van der Waals surface area contributed by atoms with Gasteiger partial charge in [-0.3, -0.25) is 4.79 Å². The van der Waals surface area contributed by atoms with E-state index in [0.29, 0.717) is 23.8 Å². The van der Waals surface area contributed by atoms with Crippen molar-refractivity contribution in [3.63, 3.8) is 0 Å². The van der Waals surface area contributed by atoms with Crippen LogP contribution in [-0.4, -0.2) is 22.3 Å². The Kier molecular flexibility index (Phi) is 3.22. The van der Waals surface area contributed by atoms with E-state index >= 15 is 0 Å². The molecule has 1 aliphatic rings. The molecule has 1 aromatic carbocycles. The third-order valence-electron chi connectivity index (χ3n) is 3.37. The number of amides is 1. The molecule has 3 nitrogen and oxygen atoms in total. The molecule has 2 heterocycles. The van der Waals surface area contributed by atoms with Crippen molar-refractivity contribution in [1.82, 2.24) is 9.88 Å². The van der Waals surface area contributed by atoms with Gasteiger partial charge in [0.15, 0.2) is 0 Å². The summed E-state index contributed by atoms with van der Waals surface area (Å²) in [5, 5.41) is 0.449. The second-order valence-corrected chi connectivity index (χ2v) is 4.95. The number of fused-ring (bicyclic) bond motifs is 1. The second kappa shape index (κ2) is 5.02. The fourth-order valence-electron chi connectivity index (χ4n) is 2.38. The molecule has 19 heavy (non-hydrogen) atoms. The summed E-state index contributed by atoms with van der Waals surface area (Å²) >= 11 is 6.03. The number of carbonyl (C=O) groups excluding carboxylic acids is 1. The summed E-state index contributed by atoms with van der Waals surface area (Å²) in [7, 11) is 0. The van der Waals surface area contributed by atoms with Crippen molar-refractivity contribution >= 4 is 17.5 Å². The van der Waals surface area contributed by atoms with Crippen molar-refractivity contribution in [2.24, 2.45) is 0 Å². The van der Waals surface area contributed by atoms with E-state index in [1.807, 2.05) is 35.2 Å². The Bertz CT molecular complexity index is 613. The van der Waals surface area contributed by atoms with E-state index < -0.39 is 0 Å². The smallest absolute Gasteiger partial charge is 0.254 e. The van der Waals surface area contributed by atoms with Crippen molar-refractivity contribution in [2.75, 3.05) is 6.54 Å². The van der Waals surface area contributed by atoms with Gasteiger partial charge >= 0.3 is 0 Å². The Balaban J connectivity index is 1.86. The van der Waals surface area contributed by atoms with Crippen LogP contribution in [0.4, 0.5) is 0 Å². The van der Waals surface area contributed by atoms with Crippen LogP contribution in [0, 0.1) is 0 Å². The highest BCUT2D eigenvalue weighted by atomic mass is 35.5. The maximum atomic E-state index is 12.4. The molecule has 0 aliphatic carbocycles. The zero-order valence-corrected chi connectivity index (χ0v) is 11.1. The average Bonchev–Trinajstić information content (AvgIpc) is 2.44. The highest BCUT2D eigenvalue weighted by Gasteiger charge is 2.26. The normalized spacial score (nSPS) is 14.4. The fraction of sp³-hybridized carbons (Fsp3) is 0.200. The molecule has 96 valence electrons. The quantitative estimate of drug-likeness (QED) is 0.788. The number of hydrogen-bond donors (Lipinski definition) is 0. The average molecular weight is 273 g/mol. The molecular weight excluding hydrogens is 260 g/mol. The molecule has 3 rings (SSSR count). The lowest BCUT2D eigenvalue weighted by Gasteiger charge is -2.28. The molecule has 2 aromatic rings. The van der Waals surface area contributed by atoms with Crippen molar-refractivity contribution in [1.29, 1.82) is 0 Å². The Labute approximate surface area is 116 Å². The van der Waals surface area contributed by atoms with Crippen LogP contribution in [0.25, 0.3) is 0 Å². The second-order valence-electron chi connectivity index (χ2n) is 4.59. The molecule has 0 saturated carbocycles. The first-order valence-electron chi connectivity index (χ1n) is 6.22. The standard InChI is InChI=1S/C15H13ClN2O/c16-14-12-7-9-18(10-11-4-2-1-3-5-11)15(19)13(12)6-8-17-14/h1-6,8H,7,9-10H2. The first-order valence-corrected chi connectivity index (χ1v) is 6.60. The topological polar surface area (TPSA) is 33.2 Å². The van der Waals surface area contributed by atoms with Crippen LogP contribution in [-0.2, 0) is 13.0 Å². The molecule has 0 spiro atoms. The van der Waals surface area contributed by atoms with Crippen LogP contribution < -0.4 is 0 Å². The third kappa shape index (κ3) is 2.34. The van der Waals surface area contributed by atoms with Crippen molar-refractivity contribution in [3.05, 3.63) is 64.4 Å². The van der Waals surface area contributed by atoms with Crippen LogP contribution in [0.3, 0.4) is 0 Å². The molecular formula is C15H13ClN2O. The van der Waals surface area contributed by atoms with Gasteiger partial charge in [0, 0.05) is 30.4 Å². The minimum Gasteiger partial charge on any atom is -0.334 e. The minimum atomic E-state index is 0.0365. The number of carbonyl (C=O) groups is 1.